The number of rotatable bonds is 4. The van der Waals surface area contributed by atoms with Gasteiger partial charge in [0.1, 0.15) is 9.84 Å². The average Bonchev–Trinajstić information content (AvgIpc) is 2.68. The van der Waals surface area contributed by atoms with Gasteiger partial charge in [0.2, 0.25) is 0 Å². The molecule has 0 spiro atoms. The Kier molecular flexibility index (Phi) is 3.63. The average molecular weight is 283 g/mol. The van der Waals surface area contributed by atoms with E-state index in [4.69, 9.17) is 12.2 Å². The van der Waals surface area contributed by atoms with Crippen LogP contribution in [0, 0.1) is 4.77 Å². The van der Waals surface area contributed by atoms with Crippen molar-refractivity contribution in [1.29, 1.82) is 0 Å². The zero-order valence-electron chi connectivity index (χ0n) is 9.83. The summed E-state index contributed by atoms with van der Waals surface area (Å²) >= 11 is 5.11. The quantitative estimate of drug-likeness (QED) is 0.866. The lowest BCUT2D eigenvalue weighted by molar-refractivity contribution is 0.594. The molecule has 0 saturated carbocycles. The fraction of sp³-hybridized carbons (Fsp3) is 0.273. The van der Waals surface area contributed by atoms with Crippen LogP contribution in [0.4, 0.5) is 0 Å². The van der Waals surface area contributed by atoms with Crippen LogP contribution in [0.5, 0.6) is 0 Å². The second-order valence-corrected chi connectivity index (χ2v) is 6.65. The summed E-state index contributed by atoms with van der Waals surface area (Å²) in [5.74, 6) is 0.699. The van der Waals surface area contributed by atoms with Crippen LogP contribution in [-0.2, 0) is 16.4 Å². The molecule has 96 valence electrons. The van der Waals surface area contributed by atoms with Gasteiger partial charge >= 0.3 is 0 Å². The van der Waals surface area contributed by atoms with E-state index in [0.29, 0.717) is 17.1 Å². The third kappa shape index (κ3) is 3.05. The zero-order chi connectivity index (χ0) is 13.2. The van der Waals surface area contributed by atoms with E-state index in [1.165, 1.54) is 6.26 Å². The van der Waals surface area contributed by atoms with Crippen LogP contribution >= 0.6 is 12.2 Å². The normalized spacial score (nSPS) is 11.6. The second kappa shape index (κ2) is 5.03. The number of hydrogen-bond acceptors (Lipinski definition) is 4. The van der Waals surface area contributed by atoms with E-state index in [9.17, 15) is 8.42 Å². The Hall–Kier alpha value is -1.47. The number of H-pyrrole nitrogens is 1. The molecule has 1 N–H and O–H groups in total. The lowest BCUT2D eigenvalue weighted by atomic mass is 10.2. The van der Waals surface area contributed by atoms with Gasteiger partial charge in [-0.25, -0.2) is 8.42 Å². The maximum absolute atomic E-state index is 11.2. The fourth-order valence-electron chi connectivity index (χ4n) is 1.59. The van der Waals surface area contributed by atoms with Crippen molar-refractivity contribution in [3.8, 4) is 11.4 Å². The number of benzene rings is 1. The highest BCUT2D eigenvalue weighted by molar-refractivity contribution is 7.90. The first-order valence-corrected chi connectivity index (χ1v) is 7.82. The maximum Gasteiger partial charge on any atom is 0.195 e. The van der Waals surface area contributed by atoms with Gasteiger partial charge < -0.3 is 0 Å². The minimum Gasteiger partial charge on any atom is -0.299 e. The van der Waals surface area contributed by atoms with Gasteiger partial charge in [-0.05, 0) is 12.2 Å². The molecule has 0 fully saturated rings. The number of nitrogens with one attached hydrogen (secondary N) is 1. The lowest BCUT2D eigenvalue weighted by Crippen LogP contribution is -2.12. The van der Waals surface area contributed by atoms with E-state index in [0.717, 1.165) is 5.56 Å². The molecular formula is C11H13N3O2S2. The van der Waals surface area contributed by atoms with Crippen molar-refractivity contribution in [2.45, 2.75) is 6.54 Å². The highest BCUT2D eigenvalue weighted by atomic mass is 32.2. The number of aromatic nitrogens is 3. The van der Waals surface area contributed by atoms with Crippen molar-refractivity contribution in [2.24, 2.45) is 0 Å². The molecule has 18 heavy (non-hydrogen) atoms. The molecule has 1 aromatic carbocycles. The Bertz CT molecular complexity index is 687. The SMILES string of the molecule is CS(=O)(=O)CCn1c(-c2ccccc2)n[nH]c1=S. The molecule has 5 nitrogen and oxygen atoms in total. The smallest absolute Gasteiger partial charge is 0.195 e. The predicted molar refractivity (Wildman–Crippen MR) is 72.6 cm³/mol. The van der Waals surface area contributed by atoms with Crippen LogP contribution in [0.15, 0.2) is 30.3 Å². The molecule has 0 aliphatic rings. The standard InChI is InChI=1S/C11H13N3O2S2/c1-18(15,16)8-7-14-10(12-13-11(14)17)9-5-3-2-4-6-9/h2-6H,7-8H2,1H3,(H,13,17). The molecule has 0 aliphatic carbocycles. The molecule has 0 aliphatic heterocycles. The molecule has 0 radical (unpaired) electrons. The van der Waals surface area contributed by atoms with Gasteiger partial charge in [-0.15, -0.1) is 0 Å². The van der Waals surface area contributed by atoms with Crippen molar-refractivity contribution in [3.63, 3.8) is 0 Å². The number of aromatic amines is 1. The fourth-order valence-corrected chi connectivity index (χ4v) is 2.33. The number of nitrogens with zero attached hydrogens (tertiary/aromatic N) is 2. The monoisotopic (exact) mass is 283 g/mol. The lowest BCUT2D eigenvalue weighted by Gasteiger charge is -2.05. The molecule has 7 heteroatoms. The third-order valence-electron chi connectivity index (χ3n) is 2.48. The summed E-state index contributed by atoms with van der Waals surface area (Å²) in [6, 6.07) is 9.51. The Morgan fingerprint density at radius 1 is 1.33 bits per heavy atom. The molecule has 1 aromatic heterocycles. The van der Waals surface area contributed by atoms with Crippen molar-refractivity contribution in [2.75, 3.05) is 12.0 Å². The highest BCUT2D eigenvalue weighted by Gasteiger charge is 2.10. The Labute approximate surface area is 110 Å². The summed E-state index contributed by atoms with van der Waals surface area (Å²) in [5.41, 5.74) is 0.901. The van der Waals surface area contributed by atoms with Gasteiger partial charge in [0.25, 0.3) is 0 Å². The second-order valence-electron chi connectivity index (χ2n) is 4.00. The summed E-state index contributed by atoms with van der Waals surface area (Å²) in [4.78, 5) is 0. The maximum atomic E-state index is 11.2. The Balaban J connectivity index is 2.37. The van der Waals surface area contributed by atoms with E-state index in [2.05, 4.69) is 10.2 Å². The van der Waals surface area contributed by atoms with E-state index in [1.54, 1.807) is 4.57 Å². The van der Waals surface area contributed by atoms with Crippen LogP contribution in [0.25, 0.3) is 11.4 Å². The molecule has 0 saturated heterocycles. The van der Waals surface area contributed by atoms with Crippen molar-refractivity contribution in [3.05, 3.63) is 35.1 Å². The molecular weight excluding hydrogens is 270 g/mol. The van der Waals surface area contributed by atoms with Crippen molar-refractivity contribution in [1.82, 2.24) is 14.8 Å². The first-order chi connectivity index (χ1) is 8.47. The van der Waals surface area contributed by atoms with Gasteiger partial charge in [-0.3, -0.25) is 9.67 Å². The molecule has 0 unspecified atom stereocenters. The third-order valence-corrected chi connectivity index (χ3v) is 3.71. The zero-order valence-corrected chi connectivity index (χ0v) is 11.5. The summed E-state index contributed by atoms with van der Waals surface area (Å²) in [7, 11) is -3.02. The summed E-state index contributed by atoms with van der Waals surface area (Å²) in [6.45, 7) is 0.304. The van der Waals surface area contributed by atoms with Gasteiger partial charge in [0.15, 0.2) is 10.6 Å². The highest BCUT2D eigenvalue weighted by Crippen LogP contribution is 2.16. The van der Waals surface area contributed by atoms with Crippen molar-refractivity contribution < 1.29 is 8.42 Å². The minimum atomic E-state index is -3.02. The minimum absolute atomic E-state index is 0.0423. The summed E-state index contributed by atoms with van der Waals surface area (Å²) in [5, 5.41) is 6.83. The summed E-state index contributed by atoms with van der Waals surface area (Å²) < 4.78 is 24.5. The van der Waals surface area contributed by atoms with E-state index < -0.39 is 9.84 Å². The Morgan fingerprint density at radius 3 is 2.61 bits per heavy atom. The molecule has 0 bridgehead atoms. The van der Waals surface area contributed by atoms with Crippen LogP contribution in [0.3, 0.4) is 0 Å². The summed E-state index contributed by atoms with van der Waals surface area (Å²) in [6.07, 6.45) is 1.21. The van der Waals surface area contributed by atoms with E-state index in [-0.39, 0.29) is 5.75 Å². The number of hydrogen-bond donors (Lipinski definition) is 1. The first-order valence-electron chi connectivity index (χ1n) is 5.36. The first kappa shape index (κ1) is 13.0. The molecule has 0 atom stereocenters. The van der Waals surface area contributed by atoms with Crippen LogP contribution in [-0.4, -0.2) is 35.2 Å². The van der Waals surface area contributed by atoms with Gasteiger partial charge in [-0.2, -0.15) is 5.10 Å². The molecule has 1 heterocycles. The van der Waals surface area contributed by atoms with Crippen LogP contribution in [0.2, 0.25) is 0 Å². The molecule has 0 amide bonds. The Morgan fingerprint density at radius 2 is 2.00 bits per heavy atom. The van der Waals surface area contributed by atoms with E-state index >= 15 is 0 Å². The van der Waals surface area contributed by atoms with Crippen LogP contribution < -0.4 is 0 Å². The van der Waals surface area contributed by atoms with E-state index in [1.807, 2.05) is 30.3 Å². The van der Waals surface area contributed by atoms with Crippen LogP contribution in [0.1, 0.15) is 0 Å². The molecule has 2 rings (SSSR count). The van der Waals surface area contributed by atoms with Gasteiger partial charge in [-0.1, -0.05) is 30.3 Å². The largest absolute Gasteiger partial charge is 0.299 e. The number of sulfone groups is 1. The van der Waals surface area contributed by atoms with Gasteiger partial charge in [0.05, 0.1) is 5.75 Å². The topological polar surface area (TPSA) is 67.8 Å². The molecule has 2 aromatic rings. The van der Waals surface area contributed by atoms with Gasteiger partial charge in [0, 0.05) is 18.4 Å². The van der Waals surface area contributed by atoms with Crippen molar-refractivity contribution >= 4 is 22.1 Å². The predicted octanol–water partition coefficient (Wildman–Crippen LogP) is 1.65.